The van der Waals surface area contributed by atoms with Crippen LogP contribution in [-0.4, -0.2) is 40.3 Å². The number of hydrogen-bond donors (Lipinski definition) is 1. The van der Waals surface area contributed by atoms with E-state index in [-0.39, 0.29) is 11.5 Å². The topological polar surface area (TPSA) is 98.2 Å². The summed E-state index contributed by atoms with van der Waals surface area (Å²) in [5.41, 5.74) is 0.937. The van der Waals surface area contributed by atoms with Crippen molar-refractivity contribution in [3.63, 3.8) is 0 Å². The highest BCUT2D eigenvalue weighted by Gasteiger charge is 2.19. The maximum atomic E-state index is 11.9. The Morgan fingerprint density at radius 2 is 1.92 bits per heavy atom. The van der Waals surface area contributed by atoms with Gasteiger partial charge in [0, 0.05) is 12.4 Å². The van der Waals surface area contributed by atoms with Crippen LogP contribution in [0, 0.1) is 0 Å². The van der Waals surface area contributed by atoms with Crippen molar-refractivity contribution in [2.75, 3.05) is 6.61 Å². The van der Waals surface area contributed by atoms with E-state index in [4.69, 9.17) is 4.74 Å². The zero-order valence-corrected chi connectivity index (χ0v) is 13.1. The zero-order valence-electron chi connectivity index (χ0n) is 13.1. The van der Waals surface area contributed by atoms with E-state index in [1.807, 2.05) is 30.3 Å². The summed E-state index contributed by atoms with van der Waals surface area (Å²) in [6, 6.07) is 8.66. The van der Waals surface area contributed by atoms with Gasteiger partial charge < -0.3 is 10.1 Å². The third-order valence-electron chi connectivity index (χ3n) is 3.22. The van der Waals surface area contributed by atoms with Crippen molar-refractivity contribution in [1.82, 2.24) is 15.3 Å². The van der Waals surface area contributed by atoms with E-state index in [9.17, 15) is 14.4 Å². The average molecular weight is 327 g/mol. The predicted molar refractivity (Wildman–Crippen MR) is 85.1 cm³/mol. The molecule has 7 nitrogen and oxygen atoms in total. The Kier molecular flexibility index (Phi) is 6.13. The quantitative estimate of drug-likeness (QED) is 0.760. The second-order valence-electron chi connectivity index (χ2n) is 5.09. The number of carbonyl (C=O) groups excluding carboxylic acids is 3. The van der Waals surface area contributed by atoms with Crippen molar-refractivity contribution < 1.29 is 19.1 Å². The summed E-state index contributed by atoms with van der Waals surface area (Å²) in [6.07, 6.45) is 4.39. The van der Waals surface area contributed by atoms with Crippen LogP contribution in [0.25, 0.3) is 0 Å². The molecule has 24 heavy (non-hydrogen) atoms. The number of nitrogens with zero attached hydrogens (tertiary/aromatic N) is 2. The first-order valence-corrected chi connectivity index (χ1v) is 7.33. The van der Waals surface area contributed by atoms with Crippen molar-refractivity contribution >= 4 is 17.7 Å². The summed E-state index contributed by atoms with van der Waals surface area (Å²) in [5, 5.41) is 2.57. The minimum absolute atomic E-state index is 0.0118. The number of hydrogen-bond acceptors (Lipinski definition) is 6. The summed E-state index contributed by atoms with van der Waals surface area (Å²) in [6.45, 7) is 0.910. The Labute approximate surface area is 139 Å². The molecule has 0 aliphatic heterocycles. The summed E-state index contributed by atoms with van der Waals surface area (Å²) in [7, 11) is 0. The molecule has 0 saturated heterocycles. The van der Waals surface area contributed by atoms with E-state index in [2.05, 4.69) is 15.3 Å². The molecule has 1 atom stereocenters. The van der Waals surface area contributed by atoms with Gasteiger partial charge in [0.1, 0.15) is 0 Å². The number of ether oxygens (including phenoxy) is 1. The molecular formula is C17H17N3O4. The first kappa shape index (κ1) is 17.3. The normalized spacial score (nSPS) is 11.4. The number of carbonyl (C=O) groups is 3. The third kappa shape index (κ3) is 5.28. The molecule has 1 amide bonds. The molecule has 0 bridgehead atoms. The number of esters is 1. The monoisotopic (exact) mass is 327 g/mol. The lowest BCUT2D eigenvalue weighted by atomic mass is 10.0. The fourth-order valence-corrected chi connectivity index (χ4v) is 1.99. The average Bonchev–Trinajstić information content (AvgIpc) is 2.60. The fraction of sp³-hybridized carbons (Fsp3) is 0.235. The maximum Gasteiger partial charge on any atom is 0.359 e. The molecule has 7 heteroatoms. The molecule has 2 rings (SSSR count). The Morgan fingerprint density at radius 1 is 1.17 bits per heavy atom. The van der Waals surface area contributed by atoms with Gasteiger partial charge >= 0.3 is 5.97 Å². The van der Waals surface area contributed by atoms with E-state index >= 15 is 0 Å². The molecule has 124 valence electrons. The van der Waals surface area contributed by atoms with Crippen molar-refractivity contribution in [3.05, 3.63) is 60.2 Å². The van der Waals surface area contributed by atoms with Gasteiger partial charge in [-0.05, 0) is 18.9 Å². The van der Waals surface area contributed by atoms with Gasteiger partial charge in [-0.15, -0.1) is 0 Å². The van der Waals surface area contributed by atoms with Crippen molar-refractivity contribution in [2.45, 2.75) is 19.4 Å². The molecule has 1 aromatic carbocycles. The third-order valence-corrected chi connectivity index (χ3v) is 3.22. The Bertz CT molecular complexity index is 704. The molecule has 0 aliphatic carbocycles. The van der Waals surface area contributed by atoms with Gasteiger partial charge in [0.25, 0.3) is 5.91 Å². The molecule has 1 N–H and O–H groups in total. The fourth-order valence-electron chi connectivity index (χ4n) is 1.99. The van der Waals surface area contributed by atoms with E-state index < -0.39 is 24.5 Å². The standard InChI is InChI=1S/C17H17N3O4/c1-12(21)14(9-13-5-3-2-4-6-13)20-16(22)11-24-17(23)15-10-18-7-8-19-15/h2-8,10,14H,9,11H2,1H3,(H,20,22)/t14-/m1/s1. The highest BCUT2D eigenvalue weighted by Crippen LogP contribution is 2.04. The van der Waals surface area contributed by atoms with Gasteiger partial charge in [-0.1, -0.05) is 30.3 Å². The second kappa shape index (κ2) is 8.52. The second-order valence-corrected chi connectivity index (χ2v) is 5.09. The Hall–Kier alpha value is -3.09. The summed E-state index contributed by atoms with van der Waals surface area (Å²) < 4.78 is 4.86. The lowest BCUT2D eigenvalue weighted by Crippen LogP contribution is -2.43. The smallest absolute Gasteiger partial charge is 0.359 e. The van der Waals surface area contributed by atoms with Crippen LogP contribution in [-0.2, 0) is 20.7 Å². The van der Waals surface area contributed by atoms with Gasteiger partial charge in [-0.25, -0.2) is 9.78 Å². The van der Waals surface area contributed by atoms with Crippen molar-refractivity contribution in [1.29, 1.82) is 0 Å². The van der Waals surface area contributed by atoms with Crippen LogP contribution in [0.3, 0.4) is 0 Å². The highest BCUT2D eigenvalue weighted by molar-refractivity contribution is 5.91. The minimum atomic E-state index is -0.749. The highest BCUT2D eigenvalue weighted by atomic mass is 16.5. The van der Waals surface area contributed by atoms with Gasteiger partial charge in [0.15, 0.2) is 18.1 Å². The largest absolute Gasteiger partial charge is 0.451 e. The number of benzene rings is 1. The van der Waals surface area contributed by atoms with Gasteiger partial charge in [0.2, 0.25) is 0 Å². The van der Waals surface area contributed by atoms with Crippen LogP contribution in [0.1, 0.15) is 23.0 Å². The Balaban J connectivity index is 1.87. The first-order valence-electron chi connectivity index (χ1n) is 7.33. The van der Waals surface area contributed by atoms with Gasteiger partial charge in [-0.2, -0.15) is 0 Å². The van der Waals surface area contributed by atoms with Crippen LogP contribution in [0.15, 0.2) is 48.9 Å². The number of aromatic nitrogens is 2. The molecule has 0 saturated carbocycles. The van der Waals surface area contributed by atoms with Crippen molar-refractivity contribution in [2.24, 2.45) is 0 Å². The van der Waals surface area contributed by atoms with Crippen LogP contribution < -0.4 is 5.32 Å². The van der Waals surface area contributed by atoms with E-state index in [0.29, 0.717) is 6.42 Å². The summed E-state index contributed by atoms with van der Waals surface area (Å²) in [5.74, 6) is -1.48. The maximum absolute atomic E-state index is 11.9. The van der Waals surface area contributed by atoms with Crippen LogP contribution >= 0.6 is 0 Å². The molecule has 0 aliphatic rings. The number of nitrogens with one attached hydrogen (secondary N) is 1. The molecule has 0 fully saturated rings. The van der Waals surface area contributed by atoms with Crippen LogP contribution in [0.5, 0.6) is 0 Å². The minimum Gasteiger partial charge on any atom is -0.451 e. The van der Waals surface area contributed by atoms with Crippen LogP contribution in [0.2, 0.25) is 0 Å². The lowest BCUT2D eigenvalue weighted by molar-refractivity contribution is -0.128. The van der Waals surface area contributed by atoms with Crippen LogP contribution in [0.4, 0.5) is 0 Å². The zero-order chi connectivity index (χ0) is 17.4. The molecule has 0 unspecified atom stereocenters. The van der Waals surface area contributed by atoms with Gasteiger partial charge in [0.05, 0.1) is 12.2 Å². The summed E-state index contributed by atoms with van der Waals surface area (Å²) in [4.78, 5) is 42.8. The number of Topliss-reactive ketones (excluding diaryl/α,β-unsaturated/α-hetero) is 1. The number of rotatable bonds is 7. The van der Waals surface area contributed by atoms with E-state index in [1.54, 1.807) is 0 Å². The molecule has 1 heterocycles. The van der Waals surface area contributed by atoms with E-state index in [0.717, 1.165) is 5.56 Å². The Morgan fingerprint density at radius 3 is 2.54 bits per heavy atom. The molecular weight excluding hydrogens is 310 g/mol. The molecule has 0 radical (unpaired) electrons. The predicted octanol–water partition coefficient (Wildman–Crippen LogP) is 0.950. The number of ketones is 1. The van der Waals surface area contributed by atoms with Crippen molar-refractivity contribution in [3.8, 4) is 0 Å². The SMILES string of the molecule is CC(=O)[C@@H](Cc1ccccc1)NC(=O)COC(=O)c1cnccn1. The van der Waals surface area contributed by atoms with Gasteiger partial charge in [-0.3, -0.25) is 14.6 Å². The first-order chi connectivity index (χ1) is 11.6. The molecule has 0 spiro atoms. The van der Waals surface area contributed by atoms with E-state index in [1.165, 1.54) is 25.5 Å². The summed E-state index contributed by atoms with van der Waals surface area (Å²) >= 11 is 0. The molecule has 2 aromatic rings. The number of amides is 1. The molecule has 1 aromatic heterocycles. The lowest BCUT2D eigenvalue weighted by Gasteiger charge is -2.16.